The number of pyridine rings is 1. The standard InChI is InChI=1S/C24H27N5O2S/c1-3-16-11-22(30)29(18-4-7-31-8-5-18)23-19(16)12-26-24(28-23)27-21-13-25-20(10-15(21)2)17-6-9-32-14-17/h6,9-10,12-14,16,18H,3-5,7-8,11H2,1-2H3,(H,26,27,28). The highest BCUT2D eigenvalue weighted by molar-refractivity contribution is 7.08. The molecule has 1 saturated heterocycles. The normalized spacial score (nSPS) is 19.1. The number of carbonyl (C=O) groups is 1. The number of hydrogen-bond acceptors (Lipinski definition) is 7. The first-order valence-corrected chi connectivity index (χ1v) is 12.1. The Morgan fingerprint density at radius 1 is 1.25 bits per heavy atom. The zero-order valence-electron chi connectivity index (χ0n) is 18.4. The number of aryl methyl sites for hydroxylation is 1. The number of fused-ring (bicyclic) bond motifs is 1. The molecule has 32 heavy (non-hydrogen) atoms. The highest BCUT2D eigenvalue weighted by atomic mass is 32.1. The van der Waals surface area contributed by atoms with Crippen molar-refractivity contribution < 1.29 is 9.53 Å². The second-order valence-electron chi connectivity index (χ2n) is 8.41. The minimum Gasteiger partial charge on any atom is -0.381 e. The van der Waals surface area contributed by atoms with Crippen LogP contribution in [0.5, 0.6) is 0 Å². The van der Waals surface area contributed by atoms with Crippen LogP contribution in [0.4, 0.5) is 17.5 Å². The van der Waals surface area contributed by atoms with Gasteiger partial charge in [-0.05, 0) is 55.2 Å². The van der Waals surface area contributed by atoms with Crippen LogP contribution in [0, 0.1) is 6.92 Å². The number of aromatic nitrogens is 3. The summed E-state index contributed by atoms with van der Waals surface area (Å²) >= 11 is 1.66. The van der Waals surface area contributed by atoms with E-state index in [9.17, 15) is 4.79 Å². The highest BCUT2D eigenvalue weighted by Crippen LogP contribution is 2.39. The van der Waals surface area contributed by atoms with Crippen LogP contribution >= 0.6 is 11.3 Å². The van der Waals surface area contributed by atoms with Gasteiger partial charge in [0.2, 0.25) is 11.9 Å². The first-order valence-electron chi connectivity index (χ1n) is 11.2. The van der Waals surface area contributed by atoms with E-state index < -0.39 is 0 Å². The number of nitrogens with zero attached hydrogens (tertiary/aromatic N) is 4. The molecule has 1 unspecified atom stereocenters. The predicted molar refractivity (Wildman–Crippen MR) is 127 cm³/mol. The number of anilines is 3. The van der Waals surface area contributed by atoms with E-state index >= 15 is 0 Å². The van der Waals surface area contributed by atoms with Gasteiger partial charge in [-0.25, -0.2) is 4.98 Å². The summed E-state index contributed by atoms with van der Waals surface area (Å²) in [7, 11) is 0. The number of amides is 1. The molecule has 0 aliphatic carbocycles. The fraction of sp³-hybridized carbons (Fsp3) is 0.417. The Labute approximate surface area is 191 Å². The van der Waals surface area contributed by atoms with Gasteiger partial charge in [-0.3, -0.25) is 14.7 Å². The van der Waals surface area contributed by atoms with Crippen molar-refractivity contribution in [2.45, 2.75) is 51.5 Å². The maximum Gasteiger partial charge on any atom is 0.229 e. The molecule has 1 atom stereocenters. The zero-order valence-corrected chi connectivity index (χ0v) is 19.2. The Kier molecular flexibility index (Phi) is 5.89. The van der Waals surface area contributed by atoms with Gasteiger partial charge in [-0.1, -0.05) is 6.92 Å². The minimum absolute atomic E-state index is 0.129. The summed E-state index contributed by atoms with van der Waals surface area (Å²) in [6.45, 7) is 5.52. The van der Waals surface area contributed by atoms with E-state index in [2.05, 4.69) is 45.1 Å². The smallest absolute Gasteiger partial charge is 0.229 e. The second kappa shape index (κ2) is 8.96. The second-order valence-corrected chi connectivity index (χ2v) is 9.19. The molecule has 0 spiro atoms. The molecule has 1 amide bonds. The van der Waals surface area contributed by atoms with Crippen LogP contribution < -0.4 is 10.2 Å². The van der Waals surface area contributed by atoms with Crippen molar-refractivity contribution in [2.75, 3.05) is 23.4 Å². The van der Waals surface area contributed by atoms with Crippen molar-refractivity contribution in [1.82, 2.24) is 15.0 Å². The van der Waals surface area contributed by atoms with E-state index in [-0.39, 0.29) is 17.9 Å². The fourth-order valence-corrected chi connectivity index (χ4v) is 5.17. The minimum atomic E-state index is 0.129. The third-order valence-corrected chi connectivity index (χ3v) is 7.06. The summed E-state index contributed by atoms with van der Waals surface area (Å²) < 4.78 is 5.52. The van der Waals surface area contributed by atoms with E-state index in [0.29, 0.717) is 25.6 Å². The van der Waals surface area contributed by atoms with Crippen molar-refractivity contribution in [2.24, 2.45) is 0 Å². The van der Waals surface area contributed by atoms with Crippen LogP contribution in [0.25, 0.3) is 11.3 Å². The van der Waals surface area contributed by atoms with E-state index in [1.807, 2.05) is 24.2 Å². The molecule has 8 heteroatoms. The van der Waals surface area contributed by atoms with Gasteiger partial charge in [-0.15, -0.1) is 0 Å². The lowest BCUT2D eigenvalue weighted by molar-refractivity contribution is -0.120. The molecular formula is C24H27N5O2S. The van der Waals surface area contributed by atoms with Crippen molar-refractivity contribution in [1.29, 1.82) is 0 Å². The molecule has 3 aromatic rings. The number of hydrogen-bond donors (Lipinski definition) is 1. The molecule has 2 aliphatic heterocycles. The van der Waals surface area contributed by atoms with E-state index in [0.717, 1.165) is 53.2 Å². The highest BCUT2D eigenvalue weighted by Gasteiger charge is 2.37. The Morgan fingerprint density at radius 2 is 2.09 bits per heavy atom. The van der Waals surface area contributed by atoms with Crippen molar-refractivity contribution in [3.05, 3.63) is 46.4 Å². The molecule has 5 rings (SSSR count). The van der Waals surface area contributed by atoms with Gasteiger partial charge in [0, 0.05) is 48.4 Å². The molecule has 3 aromatic heterocycles. The van der Waals surface area contributed by atoms with Crippen LogP contribution in [-0.4, -0.2) is 40.1 Å². The predicted octanol–water partition coefficient (Wildman–Crippen LogP) is 5.06. The third-order valence-electron chi connectivity index (χ3n) is 6.38. The van der Waals surface area contributed by atoms with Crippen LogP contribution in [0.15, 0.2) is 35.3 Å². The van der Waals surface area contributed by atoms with Gasteiger partial charge in [0.1, 0.15) is 5.82 Å². The largest absolute Gasteiger partial charge is 0.381 e. The maximum absolute atomic E-state index is 13.1. The lowest BCUT2D eigenvalue weighted by atomic mass is 9.89. The maximum atomic E-state index is 13.1. The Morgan fingerprint density at radius 3 is 2.81 bits per heavy atom. The van der Waals surface area contributed by atoms with Crippen molar-refractivity contribution in [3.8, 4) is 11.3 Å². The van der Waals surface area contributed by atoms with Crippen LogP contribution in [0.2, 0.25) is 0 Å². The molecule has 0 bridgehead atoms. The number of nitrogens with one attached hydrogen (secondary N) is 1. The van der Waals surface area contributed by atoms with Crippen molar-refractivity contribution in [3.63, 3.8) is 0 Å². The molecule has 1 N–H and O–H groups in total. The van der Waals surface area contributed by atoms with E-state index in [4.69, 9.17) is 9.72 Å². The SMILES string of the molecule is CCC1CC(=O)N(C2CCOCC2)c2nc(Nc3cnc(-c4ccsc4)cc3C)ncc21. The van der Waals surface area contributed by atoms with Gasteiger partial charge in [0.15, 0.2) is 0 Å². The van der Waals surface area contributed by atoms with Crippen LogP contribution in [-0.2, 0) is 9.53 Å². The summed E-state index contributed by atoms with van der Waals surface area (Å²) in [5.41, 5.74) is 5.04. The van der Waals surface area contributed by atoms with Crippen LogP contribution in [0.1, 0.15) is 49.7 Å². The number of carbonyl (C=O) groups excluding carboxylic acids is 1. The summed E-state index contributed by atoms with van der Waals surface area (Å²) in [6.07, 6.45) is 6.79. The lowest BCUT2D eigenvalue weighted by Crippen LogP contribution is -2.47. The molecule has 5 heterocycles. The van der Waals surface area contributed by atoms with Gasteiger partial charge >= 0.3 is 0 Å². The Hall–Kier alpha value is -2.84. The summed E-state index contributed by atoms with van der Waals surface area (Å²) in [5.74, 6) is 1.55. The lowest BCUT2D eigenvalue weighted by Gasteiger charge is -2.39. The molecule has 0 aromatic carbocycles. The first kappa shape index (κ1) is 21.0. The van der Waals surface area contributed by atoms with Gasteiger partial charge < -0.3 is 10.1 Å². The monoisotopic (exact) mass is 449 g/mol. The number of ether oxygens (including phenoxy) is 1. The Bertz CT molecular complexity index is 1110. The van der Waals surface area contributed by atoms with Gasteiger partial charge in [0.05, 0.1) is 17.6 Å². The first-order chi connectivity index (χ1) is 15.6. The summed E-state index contributed by atoms with van der Waals surface area (Å²) in [6, 6.07) is 4.26. The molecule has 7 nitrogen and oxygen atoms in total. The molecule has 0 saturated carbocycles. The molecule has 1 fully saturated rings. The average Bonchev–Trinajstić information content (AvgIpc) is 3.35. The van der Waals surface area contributed by atoms with E-state index in [1.54, 1.807) is 11.3 Å². The molecule has 0 radical (unpaired) electrons. The molecule has 2 aliphatic rings. The topological polar surface area (TPSA) is 80.2 Å². The Balaban J connectivity index is 1.46. The quantitative estimate of drug-likeness (QED) is 0.586. The molecule has 166 valence electrons. The number of rotatable bonds is 5. The molecular weight excluding hydrogens is 422 g/mol. The zero-order chi connectivity index (χ0) is 22.1. The summed E-state index contributed by atoms with van der Waals surface area (Å²) in [4.78, 5) is 29.0. The average molecular weight is 450 g/mol. The summed E-state index contributed by atoms with van der Waals surface area (Å²) in [5, 5.41) is 7.46. The van der Waals surface area contributed by atoms with Crippen molar-refractivity contribution >= 4 is 34.7 Å². The van der Waals surface area contributed by atoms with E-state index in [1.165, 1.54) is 0 Å². The number of thiophene rings is 1. The van der Waals surface area contributed by atoms with Gasteiger partial charge in [0.25, 0.3) is 0 Å². The third kappa shape index (κ3) is 4.00. The van der Waals surface area contributed by atoms with Crippen LogP contribution in [0.3, 0.4) is 0 Å². The fourth-order valence-electron chi connectivity index (χ4n) is 4.52. The van der Waals surface area contributed by atoms with Gasteiger partial charge in [-0.2, -0.15) is 16.3 Å².